The summed E-state index contributed by atoms with van der Waals surface area (Å²) < 4.78 is 16.2. The minimum Gasteiger partial charge on any atom is -0.507 e. The fourth-order valence-corrected chi connectivity index (χ4v) is 4.79. The molecule has 1 aliphatic rings. The minimum absolute atomic E-state index is 0.0887. The number of benzene rings is 2. The minimum atomic E-state index is -1.03. The van der Waals surface area contributed by atoms with Crippen LogP contribution in [-0.4, -0.2) is 53.1 Å². The summed E-state index contributed by atoms with van der Waals surface area (Å²) in [5.41, 5.74) is 2.62. The zero-order valence-corrected chi connectivity index (χ0v) is 22.2. The van der Waals surface area contributed by atoms with Gasteiger partial charge in [-0.05, 0) is 41.8 Å². The Morgan fingerprint density at radius 1 is 0.974 bits per heavy atom. The summed E-state index contributed by atoms with van der Waals surface area (Å²) in [5, 5.41) is 11.5. The molecule has 0 bridgehead atoms. The fraction of sp³-hybridized carbons (Fsp3) is 0.241. The van der Waals surface area contributed by atoms with Crippen molar-refractivity contribution in [3.05, 3.63) is 77.1 Å². The van der Waals surface area contributed by atoms with E-state index in [0.717, 1.165) is 5.56 Å². The van der Waals surface area contributed by atoms with Crippen LogP contribution in [-0.2, 0) is 9.59 Å². The van der Waals surface area contributed by atoms with Crippen LogP contribution in [0.15, 0.2) is 60.3 Å². The number of ether oxygens (including phenoxy) is 3. The van der Waals surface area contributed by atoms with Gasteiger partial charge in [-0.1, -0.05) is 19.9 Å². The van der Waals surface area contributed by atoms with E-state index in [-0.39, 0.29) is 23.2 Å². The first-order valence-electron chi connectivity index (χ1n) is 12.3. The molecule has 4 aromatic rings. The van der Waals surface area contributed by atoms with E-state index in [4.69, 9.17) is 14.2 Å². The van der Waals surface area contributed by atoms with Crippen LogP contribution in [0.5, 0.6) is 17.2 Å². The molecule has 3 heterocycles. The van der Waals surface area contributed by atoms with Gasteiger partial charge >= 0.3 is 5.91 Å². The zero-order chi connectivity index (χ0) is 27.8. The number of imidazole rings is 1. The fourth-order valence-electron chi connectivity index (χ4n) is 4.79. The second-order valence-corrected chi connectivity index (χ2v) is 9.32. The molecule has 2 aromatic carbocycles. The van der Waals surface area contributed by atoms with Crippen LogP contribution >= 0.6 is 0 Å². The maximum atomic E-state index is 13.5. The SMILES string of the molecule is COc1cc2nc(N3C(=O)C(=O)/C(=C(/O)c4ccc(OC)c(C(C)C)c4)C3c3ccccn3)[nH]c2cc1OC. The second-order valence-electron chi connectivity index (χ2n) is 9.32. The number of pyridine rings is 1. The third-order valence-electron chi connectivity index (χ3n) is 6.74. The highest BCUT2D eigenvalue weighted by Gasteiger charge is 2.49. The molecule has 1 aliphatic heterocycles. The highest BCUT2D eigenvalue weighted by atomic mass is 16.5. The average molecular weight is 529 g/mol. The first kappa shape index (κ1) is 25.8. The molecule has 1 unspecified atom stereocenters. The number of anilines is 1. The van der Waals surface area contributed by atoms with Crippen LogP contribution in [0, 0.1) is 0 Å². The van der Waals surface area contributed by atoms with Gasteiger partial charge in [-0.2, -0.15) is 0 Å². The van der Waals surface area contributed by atoms with E-state index >= 15 is 0 Å². The lowest BCUT2D eigenvalue weighted by atomic mass is 9.94. The van der Waals surface area contributed by atoms with Gasteiger partial charge in [0.15, 0.2) is 11.5 Å². The summed E-state index contributed by atoms with van der Waals surface area (Å²) in [6, 6.07) is 12.7. The molecular formula is C29H28N4O6. The summed E-state index contributed by atoms with van der Waals surface area (Å²) in [5.74, 6) is -0.188. The van der Waals surface area contributed by atoms with Crippen molar-refractivity contribution in [2.45, 2.75) is 25.8 Å². The van der Waals surface area contributed by atoms with Crippen LogP contribution in [0.1, 0.15) is 42.6 Å². The van der Waals surface area contributed by atoms with Crippen LogP contribution in [0.4, 0.5) is 5.95 Å². The maximum Gasteiger partial charge on any atom is 0.302 e. The predicted octanol–water partition coefficient (Wildman–Crippen LogP) is 4.73. The number of H-pyrrole nitrogens is 1. The number of nitrogens with zero attached hydrogens (tertiary/aromatic N) is 3. The molecule has 39 heavy (non-hydrogen) atoms. The van der Waals surface area contributed by atoms with E-state index in [2.05, 4.69) is 15.0 Å². The molecule has 0 spiro atoms. The molecular weight excluding hydrogens is 500 g/mol. The van der Waals surface area contributed by atoms with E-state index < -0.39 is 17.7 Å². The smallest absolute Gasteiger partial charge is 0.302 e. The Labute approximate surface area is 224 Å². The van der Waals surface area contributed by atoms with Crippen molar-refractivity contribution in [1.82, 2.24) is 15.0 Å². The van der Waals surface area contributed by atoms with Crippen molar-refractivity contribution in [2.24, 2.45) is 0 Å². The monoisotopic (exact) mass is 528 g/mol. The molecule has 200 valence electrons. The molecule has 10 nitrogen and oxygen atoms in total. The lowest BCUT2D eigenvalue weighted by molar-refractivity contribution is -0.132. The van der Waals surface area contributed by atoms with E-state index in [1.807, 2.05) is 13.8 Å². The maximum absolute atomic E-state index is 13.5. The molecule has 2 aromatic heterocycles. The number of nitrogens with one attached hydrogen (secondary N) is 1. The van der Waals surface area contributed by atoms with Gasteiger partial charge in [-0.3, -0.25) is 19.5 Å². The number of hydrogen-bond acceptors (Lipinski definition) is 8. The van der Waals surface area contributed by atoms with Crippen LogP contribution in [0.3, 0.4) is 0 Å². The number of fused-ring (bicyclic) bond motifs is 1. The first-order valence-corrected chi connectivity index (χ1v) is 12.3. The normalized spacial score (nSPS) is 16.8. The Morgan fingerprint density at radius 2 is 1.69 bits per heavy atom. The van der Waals surface area contributed by atoms with Crippen LogP contribution in [0.25, 0.3) is 16.8 Å². The highest BCUT2D eigenvalue weighted by molar-refractivity contribution is 6.51. The summed E-state index contributed by atoms with van der Waals surface area (Å²) in [6.07, 6.45) is 1.56. The molecule has 1 fully saturated rings. The summed E-state index contributed by atoms with van der Waals surface area (Å²) in [7, 11) is 4.61. The number of carbonyl (C=O) groups is 2. The average Bonchev–Trinajstić information content (AvgIpc) is 3.48. The first-order chi connectivity index (χ1) is 18.8. The molecule has 0 radical (unpaired) electrons. The molecule has 2 N–H and O–H groups in total. The Morgan fingerprint density at radius 3 is 2.33 bits per heavy atom. The van der Waals surface area contributed by atoms with Gasteiger partial charge in [0, 0.05) is 23.9 Å². The largest absolute Gasteiger partial charge is 0.507 e. The van der Waals surface area contributed by atoms with Crippen molar-refractivity contribution < 1.29 is 28.9 Å². The topological polar surface area (TPSA) is 127 Å². The molecule has 0 aliphatic carbocycles. The molecule has 5 rings (SSSR count). The van der Waals surface area contributed by atoms with Gasteiger partial charge in [-0.25, -0.2) is 4.98 Å². The van der Waals surface area contributed by atoms with E-state index in [1.54, 1.807) is 61.8 Å². The third-order valence-corrected chi connectivity index (χ3v) is 6.74. The summed E-state index contributed by atoms with van der Waals surface area (Å²) >= 11 is 0. The standard InChI is InChI=1S/C29H28N4O6/c1-15(2)17-12-16(9-10-21(17)37-3)26(34)24-25(18-8-6-7-11-30-18)33(28(36)27(24)35)29-31-19-13-22(38-4)23(39-5)14-20(19)32-29/h6-15,25,34H,1-5H3,(H,31,32)/b26-24+. The van der Waals surface area contributed by atoms with Crippen molar-refractivity contribution in [1.29, 1.82) is 0 Å². The number of aliphatic hydroxyl groups excluding tert-OH is 1. The third kappa shape index (κ3) is 4.33. The van der Waals surface area contributed by atoms with Gasteiger partial charge in [-0.15, -0.1) is 0 Å². The molecule has 1 atom stereocenters. The zero-order valence-electron chi connectivity index (χ0n) is 22.2. The van der Waals surface area contributed by atoms with Gasteiger partial charge in [0.2, 0.25) is 5.95 Å². The van der Waals surface area contributed by atoms with Crippen molar-refractivity contribution in [3.63, 3.8) is 0 Å². The second kappa shape index (κ2) is 10.1. The highest BCUT2D eigenvalue weighted by Crippen LogP contribution is 2.42. The van der Waals surface area contributed by atoms with Crippen molar-refractivity contribution in [3.8, 4) is 17.2 Å². The Balaban J connectivity index is 1.71. The number of Topliss-reactive ketones (excluding diaryl/α,β-unsaturated/α-hetero) is 1. The number of ketones is 1. The lowest BCUT2D eigenvalue weighted by Gasteiger charge is -2.22. The number of rotatable bonds is 7. The van der Waals surface area contributed by atoms with E-state index in [1.165, 1.54) is 19.1 Å². The van der Waals surface area contributed by atoms with Gasteiger partial charge in [0.05, 0.1) is 43.6 Å². The van der Waals surface area contributed by atoms with Crippen LogP contribution in [0.2, 0.25) is 0 Å². The molecule has 0 saturated carbocycles. The van der Waals surface area contributed by atoms with Gasteiger partial charge < -0.3 is 24.3 Å². The van der Waals surface area contributed by atoms with Gasteiger partial charge in [0.1, 0.15) is 17.6 Å². The molecule has 1 saturated heterocycles. The van der Waals surface area contributed by atoms with Crippen molar-refractivity contribution in [2.75, 3.05) is 26.2 Å². The number of methoxy groups -OCH3 is 3. The van der Waals surface area contributed by atoms with E-state index in [0.29, 0.717) is 39.5 Å². The number of aromatic nitrogens is 3. The predicted molar refractivity (Wildman–Crippen MR) is 145 cm³/mol. The Bertz CT molecular complexity index is 1570. The summed E-state index contributed by atoms with van der Waals surface area (Å²) in [4.78, 5) is 40.3. The number of carbonyl (C=O) groups excluding carboxylic acids is 2. The van der Waals surface area contributed by atoms with Crippen molar-refractivity contribution >= 4 is 34.4 Å². The lowest BCUT2D eigenvalue weighted by Crippen LogP contribution is -2.30. The molecule has 10 heteroatoms. The molecule has 1 amide bonds. The Hall–Kier alpha value is -4.86. The Kier molecular flexibility index (Phi) is 6.69. The quantitative estimate of drug-likeness (QED) is 0.200. The summed E-state index contributed by atoms with van der Waals surface area (Å²) in [6.45, 7) is 4.00. The number of hydrogen-bond donors (Lipinski definition) is 2. The number of amides is 1. The van der Waals surface area contributed by atoms with Crippen LogP contribution < -0.4 is 19.1 Å². The number of aliphatic hydroxyl groups is 1. The number of aromatic amines is 1. The van der Waals surface area contributed by atoms with E-state index in [9.17, 15) is 14.7 Å². The van der Waals surface area contributed by atoms with Gasteiger partial charge in [0.25, 0.3) is 5.78 Å².